The third-order valence-corrected chi connectivity index (χ3v) is 5.20. The van der Waals surface area contributed by atoms with Gasteiger partial charge in [-0.25, -0.2) is 4.79 Å². The molecule has 0 saturated carbocycles. The lowest BCUT2D eigenvalue weighted by atomic mass is 10.1. The number of nitrogens with one attached hydrogen (secondary N) is 2. The maximum Gasteiger partial charge on any atom is 0.335 e. The summed E-state index contributed by atoms with van der Waals surface area (Å²) in [6, 6.07) is 20.6. The van der Waals surface area contributed by atoms with Gasteiger partial charge in [0.25, 0.3) is 5.91 Å². The maximum atomic E-state index is 12.3. The summed E-state index contributed by atoms with van der Waals surface area (Å²) in [7, 11) is 0. The van der Waals surface area contributed by atoms with E-state index in [0.717, 1.165) is 10.5 Å². The number of hydrogen-bond acceptors (Lipinski definition) is 4. The summed E-state index contributed by atoms with van der Waals surface area (Å²) in [5.41, 5.74) is 2.90. The van der Waals surface area contributed by atoms with E-state index < -0.39 is 5.97 Å². The van der Waals surface area contributed by atoms with Crippen LogP contribution >= 0.6 is 11.8 Å². The Morgan fingerprint density at radius 1 is 0.833 bits per heavy atom. The molecule has 0 aromatic heterocycles. The first kappa shape index (κ1) is 21.1. The zero-order valence-electron chi connectivity index (χ0n) is 16.2. The van der Waals surface area contributed by atoms with Gasteiger partial charge in [-0.2, -0.15) is 0 Å². The molecule has 0 heterocycles. The van der Waals surface area contributed by atoms with Gasteiger partial charge < -0.3 is 15.7 Å². The van der Waals surface area contributed by atoms with Crippen LogP contribution in [0.25, 0.3) is 0 Å². The molecule has 0 aliphatic heterocycles. The third-order valence-electron chi connectivity index (χ3n) is 4.19. The molecule has 152 valence electrons. The zero-order valence-corrected chi connectivity index (χ0v) is 17.0. The minimum absolute atomic E-state index is 0.115. The average molecular weight is 420 g/mol. The van der Waals surface area contributed by atoms with E-state index in [0.29, 0.717) is 16.9 Å². The van der Waals surface area contributed by atoms with Gasteiger partial charge in [0.2, 0.25) is 5.91 Å². The van der Waals surface area contributed by atoms with Crippen molar-refractivity contribution in [1.82, 2.24) is 0 Å². The Morgan fingerprint density at radius 2 is 1.53 bits per heavy atom. The second kappa shape index (κ2) is 9.76. The van der Waals surface area contributed by atoms with Crippen molar-refractivity contribution in [2.75, 3.05) is 16.4 Å². The third kappa shape index (κ3) is 5.96. The Kier molecular flexibility index (Phi) is 6.87. The van der Waals surface area contributed by atoms with Crippen LogP contribution < -0.4 is 10.6 Å². The van der Waals surface area contributed by atoms with Gasteiger partial charge in [0.1, 0.15) is 0 Å². The number of carbonyl (C=O) groups excluding carboxylic acids is 2. The van der Waals surface area contributed by atoms with Crippen molar-refractivity contribution in [1.29, 1.82) is 0 Å². The summed E-state index contributed by atoms with van der Waals surface area (Å²) in [4.78, 5) is 36.3. The summed E-state index contributed by atoms with van der Waals surface area (Å²) >= 11 is 1.34. The first-order valence-electron chi connectivity index (χ1n) is 9.15. The van der Waals surface area contributed by atoms with Gasteiger partial charge in [-0.1, -0.05) is 23.8 Å². The van der Waals surface area contributed by atoms with Crippen LogP contribution in [0.4, 0.5) is 11.4 Å². The van der Waals surface area contributed by atoms with E-state index in [-0.39, 0.29) is 23.1 Å². The van der Waals surface area contributed by atoms with E-state index in [4.69, 9.17) is 5.11 Å². The molecule has 3 rings (SSSR count). The minimum atomic E-state index is -1.05. The van der Waals surface area contributed by atoms with Crippen LogP contribution in [0.3, 0.4) is 0 Å². The lowest BCUT2D eigenvalue weighted by Crippen LogP contribution is -2.14. The Labute approximate surface area is 178 Å². The molecule has 3 aromatic rings. The molecule has 0 aliphatic rings. The minimum Gasteiger partial charge on any atom is -0.478 e. The molecule has 0 atom stereocenters. The van der Waals surface area contributed by atoms with Crippen molar-refractivity contribution in [3.8, 4) is 0 Å². The first-order chi connectivity index (χ1) is 14.4. The monoisotopic (exact) mass is 420 g/mol. The van der Waals surface area contributed by atoms with Crippen molar-refractivity contribution in [3.05, 3.63) is 89.5 Å². The van der Waals surface area contributed by atoms with Crippen LogP contribution in [0.1, 0.15) is 26.3 Å². The Hall–Kier alpha value is -3.58. The lowest BCUT2D eigenvalue weighted by Gasteiger charge is -2.08. The number of carbonyl (C=O) groups is 3. The predicted octanol–water partition coefficient (Wildman–Crippen LogP) is 4.68. The predicted molar refractivity (Wildman–Crippen MR) is 118 cm³/mol. The largest absolute Gasteiger partial charge is 0.478 e. The van der Waals surface area contributed by atoms with Gasteiger partial charge in [-0.15, -0.1) is 11.8 Å². The SMILES string of the molecule is Cc1ccc(C(=O)Nc2ccc(SCC(=O)Nc3cccc(C(=O)O)c3)cc2)cc1. The van der Waals surface area contributed by atoms with E-state index in [1.807, 2.05) is 31.2 Å². The molecule has 3 aromatic carbocycles. The number of hydrogen-bond donors (Lipinski definition) is 3. The number of thioether (sulfide) groups is 1. The van der Waals surface area contributed by atoms with Crippen LogP contribution in [-0.4, -0.2) is 28.6 Å². The van der Waals surface area contributed by atoms with Crippen LogP contribution in [-0.2, 0) is 4.79 Å². The van der Waals surface area contributed by atoms with E-state index in [9.17, 15) is 14.4 Å². The van der Waals surface area contributed by atoms with Crippen LogP contribution in [0.2, 0.25) is 0 Å². The van der Waals surface area contributed by atoms with Crippen molar-refractivity contribution in [3.63, 3.8) is 0 Å². The number of aryl methyl sites for hydroxylation is 1. The summed E-state index contributed by atoms with van der Waals surface area (Å²) in [6.07, 6.45) is 0. The molecule has 7 heteroatoms. The molecule has 0 saturated heterocycles. The number of carboxylic acid groups (broad SMARTS) is 1. The summed E-state index contributed by atoms with van der Waals surface area (Å²) in [5, 5.41) is 14.5. The van der Waals surface area contributed by atoms with Gasteiger partial charge in [-0.3, -0.25) is 9.59 Å². The summed E-state index contributed by atoms with van der Waals surface area (Å²) in [6.45, 7) is 1.96. The zero-order chi connectivity index (χ0) is 21.5. The van der Waals surface area contributed by atoms with Gasteiger partial charge >= 0.3 is 5.97 Å². The number of amides is 2. The Balaban J connectivity index is 1.51. The van der Waals surface area contributed by atoms with E-state index in [1.54, 1.807) is 36.4 Å². The summed E-state index contributed by atoms with van der Waals surface area (Å²) < 4.78 is 0. The van der Waals surface area contributed by atoms with E-state index in [2.05, 4.69) is 10.6 Å². The molecule has 2 amide bonds. The van der Waals surface area contributed by atoms with Gasteiger partial charge in [0.05, 0.1) is 11.3 Å². The second-order valence-corrected chi connectivity index (χ2v) is 7.62. The molecule has 0 spiro atoms. The lowest BCUT2D eigenvalue weighted by molar-refractivity contribution is -0.113. The van der Waals surface area contributed by atoms with E-state index in [1.165, 1.54) is 23.9 Å². The highest BCUT2D eigenvalue weighted by molar-refractivity contribution is 8.00. The second-order valence-electron chi connectivity index (χ2n) is 6.57. The standard InChI is InChI=1S/C23H20N2O4S/c1-15-5-7-16(8-6-15)22(27)25-18-9-11-20(12-10-18)30-14-21(26)24-19-4-2-3-17(13-19)23(28)29/h2-13H,14H2,1H3,(H,24,26)(H,25,27)(H,28,29). The average Bonchev–Trinajstić information content (AvgIpc) is 2.74. The molecule has 30 heavy (non-hydrogen) atoms. The van der Waals surface area contributed by atoms with Crippen LogP contribution in [0.15, 0.2) is 77.7 Å². The highest BCUT2D eigenvalue weighted by Crippen LogP contribution is 2.21. The molecule has 3 N–H and O–H groups in total. The van der Waals surface area contributed by atoms with Crippen molar-refractivity contribution < 1.29 is 19.5 Å². The number of aromatic carboxylic acids is 1. The molecule has 0 unspecified atom stereocenters. The fourth-order valence-corrected chi connectivity index (χ4v) is 3.32. The molecule has 0 bridgehead atoms. The van der Waals surface area contributed by atoms with Crippen LogP contribution in [0.5, 0.6) is 0 Å². The number of benzene rings is 3. The topological polar surface area (TPSA) is 95.5 Å². The first-order valence-corrected chi connectivity index (χ1v) is 10.1. The Bertz CT molecular complexity index is 1060. The smallest absolute Gasteiger partial charge is 0.335 e. The van der Waals surface area contributed by atoms with Crippen molar-refractivity contribution >= 4 is 40.9 Å². The Morgan fingerprint density at radius 3 is 2.20 bits per heavy atom. The molecule has 0 aliphatic carbocycles. The van der Waals surface area contributed by atoms with Gasteiger partial charge in [0, 0.05) is 21.8 Å². The number of rotatable bonds is 7. The van der Waals surface area contributed by atoms with Crippen molar-refractivity contribution in [2.45, 2.75) is 11.8 Å². The number of carboxylic acids is 1. The summed E-state index contributed by atoms with van der Waals surface area (Å²) in [5.74, 6) is -1.29. The molecular weight excluding hydrogens is 400 g/mol. The van der Waals surface area contributed by atoms with Crippen molar-refractivity contribution in [2.24, 2.45) is 0 Å². The highest BCUT2D eigenvalue weighted by atomic mass is 32.2. The number of anilines is 2. The quantitative estimate of drug-likeness (QED) is 0.483. The van der Waals surface area contributed by atoms with Gasteiger partial charge in [0.15, 0.2) is 0 Å². The van der Waals surface area contributed by atoms with Gasteiger partial charge in [-0.05, 0) is 61.5 Å². The fourth-order valence-electron chi connectivity index (χ4n) is 2.62. The van der Waals surface area contributed by atoms with Crippen LogP contribution in [0, 0.1) is 6.92 Å². The molecule has 6 nitrogen and oxygen atoms in total. The maximum absolute atomic E-state index is 12.3. The molecule has 0 radical (unpaired) electrons. The van der Waals surface area contributed by atoms with E-state index >= 15 is 0 Å². The fraction of sp³-hybridized carbons (Fsp3) is 0.0870. The molecular formula is C23H20N2O4S. The molecule has 0 fully saturated rings. The highest BCUT2D eigenvalue weighted by Gasteiger charge is 2.08. The normalized spacial score (nSPS) is 10.3.